The molecule has 0 aromatic heterocycles. The van der Waals surface area contributed by atoms with Crippen LogP contribution in [-0.2, 0) is 9.53 Å². The largest absolute Gasteiger partial charge is 0.444 e. The average Bonchev–Trinajstić information content (AvgIpc) is 2.52. The van der Waals surface area contributed by atoms with E-state index in [-0.39, 0.29) is 5.91 Å². The number of carbonyl (C=O) groups is 2. The van der Waals surface area contributed by atoms with E-state index in [1.165, 1.54) is 32.1 Å². The van der Waals surface area contributed by atoms with Crippen LogP contribution in [0.3, 0.4) is 0 Å². The lowest BCUT2D eigenvalue weighted by Gasteiger charge is -2.37. The summed E-state index contributed by atoms with van der Waals surface area (Å²) in [7, 11) is 0. The van der Waals surface area contributed by atoms with Crippen LogP contribution in [0.5, 0.6) is 0 Å². The van der Waals surface area contributed by atoms with Gasteiger partial charge in [0.1, 0.15) is 11.1 Å². The van der Waals surface area contributed by atoms with Crippen molar-refractivity contribution in [2.75, 3.05) is 19.6 Å². The van der Waals surface area contributed by atoms with Crippen molar-refractivity contribution < 1.29 is 14.3 Å². The Kier molecular flexibility index (Phi) is 6.49. The van der Waals surface area contributed by atoms with Gasteiger partial charge in [0.25, 0.3) is 0 Å². The quantitative estimate of drug-likeness (QED) is 0.734. The fourth-order valence-corrected chi connectivity index (χ4v) is 3.56. The van der Waals surface area contributed by atoms with Gasteiger partial charge in [-0.1, -0.05) is 19.3 Å². The molecule has 2 aliphatic rings. The van der Waals surface area contributed by atoms with Crippen molar-refractivity contribution in [1.29, 1.82) is 0 Å². The van der Waals surface area contributed by atoms with E-state index >= 15 is 0 Å². The van der Waals surface area contributed by atoms with Gasteiger partial charge in [0.15, 0.2) is 0 Å². The Balaban J connectivity index is 1.95. The molecule has 0 unspecified atom stereocenters. The zero-order valence-corrected chi connectivity index (χ0v) is 15.4. The van der Waals surface area contributed by atoms with Crippen molar-refractivity contribution in [1.82, 2.24) is 16.0 Å². The van der Waals surface area contributed by atoms with E-state index in [1.807, 2.05) is 20.8 Å². The Labute approximate surface area is 145 Å². The van der Waals surface area contributed by atoms with Gasteiger partial charge >= 0.3 is 6.09 Å². The third-order valence-corrected chi connectivity index (χ3v) is 4.91. The molecule has 2 fully saturated rings. The first-order valence-corrected chi connectivity index (χ1v) is 9.31. The van der Waals surface area contributed by atoms with Crippen LogP contribution in [0.4, 0.5) is 4.79 Å². The normalized spacial score (nSPS) is 21.8. The van der Waals surface area contributed by atoms with Gasteiger partial charge in [0, 0.05) is 6.54 Å². The summed E-state index contributed by atoms with van der Waals surface area (Å²) in [5.41, 5.74) is -1.43. The Morgan fingerprint density at radius 1 is 1.12 bits per heavy atom. The molecule has 0 bridgehead atoms. The summed E-state index contributed by atoms with van der Waals surface area (Å²) < 4.78 is 5.36. The van der Waals surface area contributed by atoms with Gasteiger partial charge in [-0.3, -0.25) is 4.79 Å². The highest BCUT2D eigenvalue weighted by atomic mass is 16.6. The fraction of sp³-hybridized carbons (Fsp3) is 0.889. The lowest BCUT2D eigenvalue weighted by Crippen LogP contribution is -2.63. The molecule has 1 aliphatic heterocycles. The van der Waals surface area contributed by atoms with Gasteiger partial charge in [-0.25, -0.2) is 4.79 Å². The molecule has 1 saturated carbocycles. The summed E-state index contributed by atoms with van der Waals surface area (Å²) in [6.07, 6.45) is 6.85. The van der Waals surface area contributed by atoms with E-state index in [2.05, 4.69) is 16.0 Å². The Bertz CT molecular complexity index is 433. The molecule has 138 valence electrons. The van der Waals surface area contributed by atoms with Gasteiger partial charge in [-0.05, 0) is 65.5 Å². The van der Waals surface area contributed by atoms with Crippen molar-refractivity contribution >= 4 is 12.0 Å². The minimum absolute atomic E-state index is 0.0690. The van der Waals surface area contributed by atoms with Crippen LogP contribution in [0.2, 0.25) is 0 Å². The van der Waals surface area contributed by atoms with E-state index in [9.17, 15) is 9.59 Å². The number of amides is 2. The zero-order valence-electron chi connectivity index (χ0n) is 15.4. The number of ether oxygens (including phenoxy) is 1. The molecule has 1 heterocycles. The summed E-state index contributed by atoms with van der Waals surface area (Å²) in [6, 6.07) is 0. The molecule has 1 saturated heterocycles. The van der Waals surface area contributed by atoms with Crippen LogP contribution in [-0.4, -0.2) is 42.8 Å². The van der Waals surface area contributed by atoms with E-state index in [0.717, 1.165) is 0 Å². The monoisotopic (exact) mass is 339 g/mol. The van der Waals surface area contributed by atoms with E-state index in [1.54, 1.807) is 0 Å². The molecule has 0 atom stereocenters. The maximum Gasteiger partial charge on any atom is 0.408 e. The van der Waals surface area contributed by atoms with Crippen LogP contribution in [0.1, 0.15) is 65.7 Å². The number of alkyl carbamates (subject to hydrolysis) is 1. The molecule has 6 heteroatoms. The topological polar surface area (TPSA) is 79.5 Å². The van der Waals surface area contributed by atoms with Gasteiger partial charge in [-0.15, -0.1) is 0 Å². The summed E-state index contributed by atoms with van der Waals surface area (Å²) in [4.78, 5) is 25.1. The second-order valence-corrected chi connectivity index (χ2v) is 8.17. The van der Waals surface area contributed by atoms with Crippen LogP contribution in [0, 0.1) is 5.92 Å². The standard InChI is InChI=1S/C18H33N3O3/c1-17(2,3)24-16(23)21-18(9-11-19-12-10-18)15(22)20-13-14-7-5-4-6-8-14/h14,19H,4-13H2,1-3H3,(H,20,22)(H,21,23). The molecular formula is C18H33N3O3. The van der Waals surface area contributed by atoms with Crippen molar-refractivity contribution in [3.05, 3.63) is 0 Å². The van der Waals surface area contributed by atoms with Crippen LogP contribution < -0.4 is 16.0 Å². The first-order valence-electron chi connectivity index (χ1n) is 9.31. The molecule has 0 radical (unpaired) electrons. The van der Waals surface area contributed by atoms with Gasteiger partial charge in [0.2, 0.25) is 5.91 Å². The third kappa shape index (κ3) is 5.65. The molecule has 0 spiro atoms. The maximum atomic E-state index is 12.9. The van der Waals surface area contributed by atoms with Crippen molar-refractivity contribution in [2.45, 2.75) is 76.9 Å². The average molecular weight is 339 g/mol. The lowest BCUT2D eigenvalue weighted by atomic mass is 9.86. The van der Waals surface area contributed by atoms with Crippen LogP contribution in [0.25, 0.3) is 0 Å². The third-order valence-electron chi connectivity index (χ3n) is 4.91. The second kappa shape index (κ2) is 8.19. The zero-order chi connectivity index (χ0) is 17.6. The van der Waals surface area contributed by atoms with Crippen LogP contribution in [0.15, 0.2) is 0 Å². The fourth-order valence-electron chi connectivity index (χ4n) is 3.56. The highest BCUT2D eigenvalue weighted by molar-refractivity contribution is 5.90. The Morgan fingerprint density at radius 2 is 1.75 bits per heavy atom. The summed E-state index contributed by atoms with van der Waals surface area (Å²) in [5, 5.41) is 9.21. The summed E-state index contributed by atoms with van der Waals surface area (Å²) in [5.74, 6) is 0.503. The maximum absolute atomic E-state index is 12.9. The van der Waals surface area contributed by atoms with E-state index in [0.29, 0.717) is 38.4 Å². The minimum atomic E-state index is -0.859. The predicted molar refractivity (Wildman–Crippen MR) is 93.8 cm³/mol. The number of nitrogens with one attached hydrogen (secondary N) is 3. The molecule has 2 amide bonds. The molecule has 1 aliphatic carbocycles. The molecule has 6 nitrogen and oxygen atoms in total. The molecule has 0 aromatic carbocycles. The van der Waals surface area contributed by atoms with Crippen molar-refractivity contribution in [2.24, 2.45) is 5.92 Å². The molecule has 2 rings (SSSR count). The highest BCUT2D eigenvalue weighted by Gasteiger charge is 2.42. The molecule has 3 N–H and O–H groups in total. The summed E-state index contributed by atoms with van der Waals surface area (Å²) >= 11 is 0. The predicted octanol–water partition coefficient (Wildman–Crippen LogP) is 2.33. The SMILES string of the molecule is CC(C)(C)OC(=O)NC1(C(=O)NCC2CCCCC2)CCNCC1. The molecular weight excluding hydrogens is 306 g/mol. The van der Waals surface area contributed by atoms with Crippen molar-refractivity contribution in [3.63, 3.8) is 0 Å². The minimum Gasteiger partial charge on any atom is -0.444 e. The Morgan fingerprint density at radius 3 is 2.33 bits per heavy atom. The first-order chi connectivity index (χ1) is 11.3. The Hall–Kier alpha value is -1.30. The molecule has 24 heavy (non-hydrogen) atoms. The smallest absolute Gasteiger partial charge is 0.408 e. The number of hydrogen-bond donors (Lipinski definition) is 3. The van der Waals surface area contributed by atoms with Crippen LogP contribution >= 0.6 is 0 Å². The molecule has 0 aromatic rings. The summed E-state index contributed by atoms with van der Waals surface area (Å²) in [6.45, 7) is 7.61. The van der Waals surface area contributed by atoms with Gasteiger partial charge in [0.05, 0.1) is 0 Å². The number of rotatable bonds is 4. The number of piperidine rings is 1. The van der Waals surface area contributed by atoms with E-state index < -0.39 is 17.2 Å². The van der Waals surface area contributed by atoms with Gasteiger partial charge in [-0.2, -0.15) is 0 Å². The first kappa shape index (κ1) is 19.0. The highest BCUT2D eigenvalue weighted by Crippen LogP contribution is 2.24. The van der Waals surface area contributed by atoms with Gasteiger partial charge < -0.3 is 20.7 Å². The van der Waals surface area contributed by atoms with E-state index in [4.69, 9.17) is 4.74 Å². The number of hydrogen-bond acceptors (Lipinski definition) is 4. The lowest BCUT2D eigenvalue weighted by molar-refractivity contribution is -0.129. The van der Waals surface area contributed by atoms with Crippen molar-refractivity contribution in [3.8, 4) is 0 Å². The second-order valence-electron chi connectivity index (χ2n) is 8.17. The number of carbonyl (C=O) groups excluding carboxylic acids is 2.